The number of nitrogen functional groups attached to an aromatic ring is 1. The van der Waals surface area contributed by atoms with Gasteiger partial charge >= 0.3 is 5.69 Å². The van der Waals surface area contributed by atoms with E-state index in [1.165, 1.54) is 21.2 Å². The van der Waals surface area contributed by atoms with Crippen LogP contribution >= 0.6 is 0 Å². The molecule has 4 N–H and O–H groups in total. The third-order valence-electron chi connectivity index (χ3n) is 5.14. The number of nitrogens with one attached hydrogen (secondary N) is 1. The summed E-state index contributed by atoms with van der Waals surface area (Å²) < 4.78 is 15.7. The zero-order chi connectivity index (χ0) is 25.1. The first-order chi connectivity index (χ1) is 16.8. The molecular weight excluding hydrogens is 449 g/mol. The van der Waals surface area contributed by atoms with E-state index >= 15 is 0 Å². The van der Waals surface area contributed by atoms with Gasteiger partial charge in [-0.15, -0.1) is 5.10 Å². The van der Waals surface area contributed by atoms with Crippen LogP contribution in [0.3, 0.4) is 0 Å². The van der Waals surface area contributed by atoms with Crippen LogP contribution in [0.1, 0.15) is 25.1 Å². The number of pyridine rings is 1. The van der Waals surface area contributed by atoms with Gasteiger partial charge in [0.25, 0.3) is 0 Å². The summed E-state index contributed by atoms with van der Waals surface area (Å²) in [7, 11) is 0. The van der Waals surface area contributed by atoms with E-state index in [-0.39, 0.29) is 18.1 Å². The fourth-order valence-electron chi connectivity index (χ4n) is 3.65. The van der Waals surface area contributed by atoms with E-state index < -0.39 is 11.5 Å². The quantitative estimate of drug-likeness (QED) is 0.277. The van der Waals surface area contributed by atoms with Gasteiger partial charge in [-0.3, -0.25) is 15.7 Å². The molecule has 0 bridgehead atoms. The molecule has 0 radical (unpaired) electrons. The lowest BCUT2D eigenvalue weighted by Crippen LogP contribution is -2.24. The summed E-state index contributed by atoms with van der Waals surface area (Å²) in [6.07, 6.45) is 4.57. The molecule has 3 heterocycles. The van der Waals surface area contributed by atoms with Gasteiger partial charge in [0, 0.05) is 11.3 Å². The number of benzene rings is 1. The van der Waals surface area contributed by atoms with Gasteiger partial charge in [0.05, 0.1) is 29.7 Å². The van der Waals surface area contributed by atoms with E-state index in [0.717, 1.165) is 17.3 Å². The number of hydrogen-bond acceptors (Lipinski definition) is 7. The van der Waals surface area contributed by atoms with Gasteiger partial charge in [-0.25, -0.2) is 23.3 Å². The minimum absolute atomic E-state index is 0.00688. The second-order valence-corrected chi connectivity index (χ2v) is 8.01. The van der Waals surface area contributed by atoms with Crippen LogP contribution in [0.5, 0.6) is 0 Å². The van der Waals surface area contributed by atoms with Crippen molar-refractivity contribution in [3.63, 3.8) is 0 Å². The molecule has 0 aliphatic rings. The topological polar surface area (TPSA) is 123 Å². The molecule has 10 heteroatoms. The van der Waals surface area contributed by atoms with E-state index in [1.807, 2.05) is 37.3 Å². The largest absolute Gasteiger partial charge is 0.369 e. The third-order valence-corrected chi connectivity index (χ3v) is 5.14. The van der Waals surface area contributed by atoms with Crippen molar-refractivity contribution in [2.75, 3.05) is 5.73 Å². The van der Waals surface area contributed by atoms with Crippen molar-refractivity contribution in [1.29, 1.82) is 0 Å². The maximum Gasteiger partial charge on any atom is 0.353 e. The number of nitrogens with two attached hydrogens (primary N) is 1. The number of halogens is 1. The predicted octanol–water partition coefficient (Wildman–Crippen LogP) is 3.56. The molecule has 0 unspecified atom stereocenters. The minimum atomic E-state index is -0.521. The molecule has 0 atom stereocenters. The number of fused-ring (bicyclic) bond motifs is 1. The minimum Gasteiger partial charge on any atom is -0.369 e. The van der Waals surface area contributed by atoms with E-state index in [1.54, 1.807) is 19.1 Å². The van der Waals surface area contributed by atoms with Gasteiger partial charge in [0.1, 0.15) is 5.82 Å². The molecule has 0 saturated heterocycles. The van der Waals surface area contributed by atoms with Crippen LogP contribution in [-0.4, -0.2) is 29.4 Å². The van der Waals surface area contributed by atoms with E-state index in [0.29, 0.717) is 28.2 Å². The monoisotopic (exact) mass is 473 g/mol. The molecule has 35 heavy (non-hydrogen) atoms. The second kappa shape index (κ2) is 9.74. The Bertz CT molecular complexity index is 1520. The summed E-state index contributed by atoms with van der Waals surface area (Å²) in [4.78, 5) is 21.9. The Morgan fingerprint density at radius 3 is 2.57 bits per heavy atom. The highest BCUT2D eigenvalue weighted by Crippen LogP contribution is 2.33. The molecule has 9 nitrogen and oxygen atoms in total. The number of nitrogens with zero attached hydrogens (tertiary/aromatic N) is 5. The van der Waals surface area contributed by atoms with Crippen molar-refractivity contribution >= 4 is 17.2 Å². The van der Waals surface area contributed by atoms with Crippen LogP contribution in [0, 0.1) is 5.82 Å². The molecule has 4 aromatic rings. The first-order valence-electron chi connectivity index (χ1n) is 10.7. The van der Waals surface area contributed by atoms with Crippen LogP contribution in [0.4, 0.5) is 10.3 Å². The first kappa shape index (κ1) is 23.6. The van der Waals surface area contributed by atoms with Gasteiger partial charge in [-0.2, -0.15) is 0 Å². The number of aromatic nitrogens is 5. The number of allylic oxidation sites excluding steroid dienone is 5. The van der Waals surface area contributed by atoms with Crippen LogP contribution in [-0.2, 0) is 6.54 Å². The molecule has 0 saturated carbocycles. The summed E-state index contributed by atoms with van der Waals surface area (Å²) in [6.45, 7) is 7.49. The molecule has 0 aliphatic heterocycles. The predicted molar refractivity (Wildman–Crippen MR) is 132 cm³/mol. The molecular formula is C25H24FN7O2. The molecule has 3 aromatic heterocycles. The number of anilines is 1. The Kier molecular flexibility index (Phi) is 6.56. The van der Waals surface area contributed by atoms with E-state index in [9.17, 15) is 14.4 Å². The fourth-order valence-corrected chi connectivity index (χ4v) is 3.65. The molecule has 178 valence electrons. The average molecular weight is 474 g/mol. The van der Waals surface area contributed by atoms with Crippen molar-refractivity contribution in [3.05, 3.63) is 106 Å². The lowest BCUT2D eigenvalue weighted by molar-refractivity contribution is 0.201. The Labute approximate surface area is 200 Å². The summed E-state index contributed by atoms with van der Waals surface area (Å²) in [5.74, 6) is -0.518. The fraction of sp³-hybridized carbons (Fsp3) is 0.120. The van der Waals surface area contributed by atoms with Crippen LogP contribution in [0.2, 0.25) is 0 Å². The zero-order valence-electron chi connectivity index (χ0n) is 19.2. The van der Waals surface area contributed by atoms with Gasteiger partial charge in [0.15, 0.2) is 5.65 Å². The smallest absolute Gasteiger partial charge is 0.353 e. The first-order valence-corrected chi connectivity index (χ1v) is 10.7. The zero-order valence-corrected chi connectivity index (χ0v) is 19.2. The highest BCUT2D eigenvalue weighted by molar-refractivity contribution is 5.92. The van der Waals surface area contributed by atoms with Crippen LogP contribution < -0.4 is 16.9 Å². The van der Waals surface area contributed by atoms with Gasteiger partial charge in [0.2, 0.25) is 5.95 Å². The Morgan fingerprint density at radius 1 is 1.20 bits per heavy atom. The van der Waals surface area contributed by atoms with Crippen molar-refractivity contribution in [2.24, 2.45) is 0 Å². The summed E-state index contributed by atoms with van der Waals surface area (Å²) in [6, 6.07) is 12.1. The maximum absolute atomic E-state index is 13.3. The Morgan fingerprint density at radius 2 is 1.94 bits per heavy atom. The standard InChI is InChI=1S/C25H24FN7O2/c1-15(2)11-18(12-16(3)31-35)21-22(17-7-5-4-6-8-17)29-24(27)33-23(21)30-32(25(33)34)14-20-10-9-19(26)13-28-20/h4-13,31,35H,1,14H2,2-3H3,(H2,27,29)/b16-12-,18-11+. The highest BCUT2D eigenvalue weighted by Gasteiger charge is 2.22. The van der Waals surface area contributed by atoms with Crippen molar-refractivity contribution < 1.29 is 9.60 Å². The molecule has 0 fully saturated rings. The van der Waals surface area contributed by atoms with Crippen LogP contribution in [0.25, 0.3) is 22.5 Å². The normalized spacial score (nSPS) is 12.2. The lowest BCUT2D eigenvalue weighted by atomic mass is 9.97. The Balaban J connectivity index is 2.05. The molecule has 4 rings (SSSR count). The molecule has 0 aliphatic carbocycles. The lowest BCUT2D eigenvalue weighted by Gasteiger charge is -2.14. The molecule has 0 spiro atoms. The van der Waals surface area contributed by atoms with Crippen molar-refractivity contribution in [2.45, 2.75) is 20.4 Å². The van der Waals surface area contributed by atoms with Crippen LogP contribution in [0.15, 0.2) is 83.5 Å². The molecule has 0 amide bonds. The second-order valence-electron chi connectivity index (χ2n) is 8.01. The van der Waals surface area contributed by atoms with Crippen molar-refractivity contribution in [1.82, 2.24) is 29.6 Å². The van der Waals surface area contributed by atoms with Gasteiger partial charge in [-0.1, -0.05) is 48.6 Å². The summed E-state index contributed by atoms with van der Waals surface area (Å²) >= 11 is 0. The SMILES string of the molecule is C=C(C)/C=C(\C=C(\C)NO)c1c(-c2ccccc2)nc(N)n2c(=O)n(Cc3ccc(F)cn3)nc12. The number of hydrogen-bond donors (Lipinski definition) is 3. The summed E-state index contributed by atoms with van der Waals surface area (Å²) in [5.41, 5.74) is 12.1. The van der Waals surface area contributed by atoms with Gasteiger partial charge in [-0.05, 0) is 37.6 Å². The van der Waals surface area contributed by atoms with Gasteiger partial charge < -0.3 is 5.73 Å². The highest BCUT2D eigenvalue weighted by atomic mass is 19.1. The summed E-state index contributed by atoms with van der Waals surface area (Å²) in [5, 5.41) is 14.0. The number of rotatable bonds is 7. The van der Waals surface area contributed by atoms with E-state index in [4.69, 9.17) is 5.73 Å². The number of hydroxylamine groups is 1. The van der Waals surface area contributed by atoms with Crippen molar-refractivity contribution in [3.8, 4) is 11.3 Å². The van der Waals surface area contributed by atoms with E-state index in [2.05, 4.69) is 27.1 Å². The maximum atomic E-state index is 13.3. The molecule has 1 aromatic carbocycles. The Hall–Kier alpha value is -4.57. The third kappa shape index (κ3) is 4.87. The average Bonchev–Trinajstić information content (AvgIpc) is 3.16.